The van der Waals surface area contributed by atoms with E-state index in [9.17, 15) is 12.8 Å². The molecule has 30 heavy (non-hydrogen) atoms. The Morgan fingerprint density at radius 2 is 1.93 bits per heavy atom. The van der Waals surface area contributed by atoms with Crippen LogP contribution in [-0.2, 0) is 16.6 Å². The summed E-state index contributed by atoms with van der Waals surface area (Å²) in [7, 11) is -3.84. The summed E-state index contributed by atoms with van der Waals surface area (Å²) in [6, 6.07) is 5.00. The zero-order valence-electron chi connectivity index (χ0n) is 16.5. The molecule has 0 bridgehead atoms. The highest BCUT2D eigenvalue weighted by molar-refractivity contribution is 7.89. The normalized spacial score (nSPS) is 17.9. The predicted molar refractivity (Wildman–Crippen MR) is 101 cm³/mol. The largest absolute Gasteiger partial charge is 0.484 e. The Labute approximate surface area is 172 Å². The Balaban J connectivity index is 1.54. The molecule has 9 nitrogen and oxygen atoms in total. The quantitative estimate of drug-likeness (QED) is 0.579. The van der Waals surface area contributed by atoms with E-state index >= 15 is 0 Å². The number of hydrogen-bond donors (Lipinski definition) is 0. The second-order valence-electron chi connectivity index (χ2n) is 7.07. The minimum Gasteiger partial charge on any atom is -0.484 e. The van der Waals surface area contributed by atoms with Gasteiger partial charge in [0, 0.05) is 6.54 Å². The fourth-order valence-electron chi connectivity index (χ4n) is 3.55. The van der Waals surface area contributed by atoms with Crippen molar-refractivity contribution in [3.8, 4) is 5.75 Å². The Bertz CT molecular complexity index is 1110. The SMILES string of the molecule is Cc1noc(C)c1S(=O)(=O)N1CCCCC1c1noc(COc2ccc(F)cc2)n1. The van der Waals surface area contributed by atoms with E-state index in [2.05, 4.69) is 15.3 Å². The van der Waals surface area contributed by atoms with Gasteiger partial charge < -0.3 is 13.8 Å². The van der Waals surface area contributed by atoms with Crippen molar-refractivity contribution >= 4 is 10.0 Å². The van der Waals surface area contributed by atoms with Crippen molar-refractivity contribution in [3.05, 3.63) is 53.3 Å². The average Bonchev–Trinajstić information content (AvgIpc) is 3.34. The molecule has 1 aromatic carbocycles. The van der Waals surface area contributed by atoms with Gasteiger partial charge in [-0.05, 0) is 51.0 Å². The van der Waals surface area contributed by atoms with Crippen molar-refractivity contribution in [1.82, 2.24) is 19.6 Å². The molecule has 11 heteroatoms. The van der Waals surface area contributed by atoms with Gasteiger partial charge >= 0.3 is 0 Å². The van der Waals surface area contributed by atoms with Crippen molar-refractivity contribution in [3.63, 3.8) is 0 Å². The fraction of sp³-hybridized carbons (Fsp3) is 0.421. The third-order valence-electron chi connectivity index (χ3n) is 4.95. The number of nitrogens with zero attached hydrogens (tertiary/aromatic N) is 4. The molecule has 0 amide bonds. The van der Waals surface area contributed by atoms with E-state index in [0.29, 0.717) is 24.4 Å². The molecule has 1 aliphatic heterocycles. The van der Waals surface area contributed by atoms with Crippen LogP contribution in [-0.4, -0.2) is 34.6 Å². The van der Waals surface area contributed by atoms with E-state index in [4.69, 9.17) is 13.8 Å². The maximum Gasteiger partial charge on any atom is 0.264 e. The molecule has 0 spiro atoms. The van der Waals surface area contributed by atoms with Crippen LogP contribution >= 0.6 is 0 Å². The summed E-state index contributed by atoms with van der Waals surface area (Å²) in [4.78, 5) is 4.42. The first-order chi connectivity index (χ1) is 14.4. The molecule has 0 aliphatic carbocycles. The van der Waals surface area contributed by atoms with Crippen molar-refractivity contribution < 1.29 is 26.6 Å². The van der Waals surface area contributed by atoms with Gasteiger partial charge in [0.2, 0.25) is 10.0 Å². The number of sulfonamides is 1. The molecular formula is C19H21FN4O5S. The summed E-state index contributed by atoms with van der Waals surface area (Å²) in [5.41, 5.74) is 0.318. The second kappa shape index (κ2) is 8.15. The summed E-state index contributed by atoms with van der Waals surface area (Å²) < 4.78 is 56.8. The lowest BCUT2D eigenvalue weighted by Gasteiger charge is -2.32. The summed E-state index contributed by atoms with van der Waals surface area (Å²) >= 11 is 0. The fourth-order valence-corrected chi connectivity index (χ4v) is 5.50. The van der Waals surface area contributed by atoms with Gasteiger partial charge in [0.1, 0.15) is 22.2 Å². The second-order valence-corrected chi connectivity index (χ2v) is 8.90. The lowest BCUT2D eigenvalue weighted by molar-refractivity contribution is 0.231. The molecule has 1 aliphatic rings. The number of benzene rings is 1. The van der Waals surface area contributed by atoms with Gasteiger partial charge in [-0.1, -0.05) is 16.7 Å². The molecule has 0 N–H and O–H groups in total. The van der Waals surface area contributed by atoms with Gasteiger partial charge in [0.05, 0.1) is 6.04 Å². The number of piperidine rings is 1. The lowest BCUT2D eigenvalue weighted by Crippen LogP contribution is -2.39. The van der Waals surface area contributed by atoms with Crippen LogP contribution in [0.4, 0.5) is 4.39 Å². The Morgan fingerprint density at radius 1 is 1.17 bits per heavy atom. The van der Waals surface area contributed by atoms with Crippen molar-refractivity contribution in [2.75, 3.05) is 6.54 Å². The third-order valence-corrected chi connectivity index (χ3v) is 7.10. The Hall–Kier alpha value is -2.79. The summed E-state index contributed by atoms with van der Waals surface area (Å²) in [6.45, 7) is 3.50. The molecule has 0 radical (unpaired) electrons. The summed E-state index contributed by atoms with van der Waals surface area (Å²) in [5.74, 6) is 0.825. The number of aryl methyl sites for hydroxylation is 2. The molecule has 1 saturated heterocycles. The number of ether oxygens (including phenoxy) is 1. The molecule has 1 unspecified atom stereocenters. The van der Waals surface area contributed by atoms with Crippen LogP contribution in [0.15, 0.2) is 38.2 Å². The topological polar surface area (TPSA) is 112 Å². The molecule has 160 valence electrons. The standard InChI is InChI=1S/C19H21FN4O5S/c1-12-18(13(2)28-22-12)30(25,26)24-10-4-3-5-16(24)19-21-17(29-23-19)11-27-15-8-6-14(20)7-9-15/h6-9,16H,3-5,10-11H2,1-2H3. The highest BCUT2D eigenvalue weighted by atomic mass is 32.2. The maximum atomic E-state index is 13.3. The third kappa shape index (κ3) is 3.94. The molecule has 1 atom stereocenters. The molecule has 1 fully saturated rings. The van der Waals surface area contributed by atoms with Crippen LogP contribution in [0, 0.1) is 19.7 Å². The van der Waals surface area contributed by atoms with E-state index in [1.54, 1.807) is 13.8 Å². The van der Waals surface area contributed by atoms with Gasteiger partial charge in [-0.15, -0.1) is 0 Å². The van der Waals surface area contributed by atoms with Crippen LogP contribution < -0.4 is 4.74 Å². The zero-order valence-corrected chi connectivity index (χ0v) is 17.4. The van der Waals surface area contributed by atoms with E-state index in [1.165, 1.54) is 28.6 Å². The van der Waals surface area contributed by atoms with Crippen molar-refractivity contribution in [2.45, 2.75) is 50.7 Å². The first-order valence-corrected chi connectivity index (χ1v) is 11.0. The van der Waals surface area contributed by atoms with E-state index in [0.717, 1.165) is 12.8 Å². The number of hydrogen-bond acceptors (Lipinski definition) is 8. The molecule has 4 rings (SSSR count). The van der Waals surface area contributed by atoms with E-state index in [1.807, 2.05) is 0 Å². The van der Waals surface area contributed by atoms with Crippen LogP contribution in [0.1, 0.15) is 48.5 Å². The van der Waals surface area contributed by atoms with Crippen molar-refractivity contribution in [1.29, 1.82) is 0 Å². The number of aromatic nitrogens is 3. The Kier molecular flexibility index (Phi) is 5.56. The first-order valence-electron chi connectivity index (χ1n) is 9.52. The zero-order chi connectivity index (χ0) is 21.3. The molecular weight excluding hydrogens is 415 g/mol. The highest BCUT2D eigenvalue weighted by Gasteiger charge is 2.39. The Morgan fingerprint density at radius 3 is 2.63 bits per heavy atom. The van der Waals surface area contributed by atoms with Crippen LogP contribution in [0.5, 0.6) is 5.75 Å². The summed E-state index contributed by atoms with van der Waals surface area (Å²) in [5, 5.41) is 7.75. The van der Waals surface area contributed by atoms with E-state index in [-0.39, 0.29) is 34.8 Å². The predicted octanol–water partition coefficient (Wildman–Crippen LogP) is 3.31. The molecule has 3 aromatic rings. The minimum atomic E-state index is -3.84. The monoisotopic (exact) mass is 436 g/mol. The average molecular weight is 436 g/mol. The van der Waals surface area contributed by atoms with Crippen LogP contribution in [0.25, 0.3) is 0 Å². The molecule has 2 aromatic heterocycles. The highest BCUT2D eigenvalue weighted by Crippen LogP contribution is 2.36. The number of halogens is 1. The summed E-state index contributed by atoms with van der Waals surface area (Å²) in [6.07, 6.45) is 2.14. The van der Waals surface area contributed by atoms with Gasteiger partial charge in [-0.2, -0.15) is 9.29 Å². The minimum absolute atomic E-state index is 0.0119. The molecule has 0 saturated carbocycles. The van der Waals surface area contributed by atoms with Crippen LogP contribution in [0.3, 0.4) is 0 Å². The number of rotatable bonds is 6. The van der Waals surface area contributed by atoms with Crippen molar-refractivity contribution in [2.24, 2.45) is 0 Å². The molecule has 3 heterocycles. The van der Waals surface area contributed by atoms with Gasteiger partial charge in [-0.25, -0.2) is 12.8 Å². The maximum absolute atomic E-state index is 13.3. The first kappa shape index (κ1) is 20.5. The van der Waals surface area contributed by atoms with Gasteiger partial charge in [0.15, 0.2) is 18.2 Å². The lowest BCUT2D eigenvalue weighted by atomic mass is 10.0. The van der Waals surface area contributed by atoms with Gasteiger partial charge in [0.25, 0.3) is 5.89 Å². The van der Waals surface area contributed by atoms with E-state index < -0.39 is 16.1 Å². The van der Waals surface area contributed by atoms with Crippen LogP contribution in [0.2, 0.25) is 0 Å². The van der Waals surface area contributed by atoms with Gasteiger partial charge in [-0.3, -0.25) is 0 Å². The smallest absolute Gasteiger partial charge is 0.264 e.